The summed E-state index contributed by atoms with van der Waals surface area (Å²) >= 11 is 1.67. The van der Waals surface area contributed by atoms with Crippen molar-refractivity contribution in [3.8, 4) is 0 Å². The van der Waals surface area contributed by atoms with Crippen molar-refractivity contribution in [2.24, 2.45) is 0 Å². The molecule has 5 heteroatoms. The van der Waals surface area contributed by atoms with Crippen LogP contribution in [-0.2, 0) is 0 Å². The first-order valence-corrected chi connectivity index (χ1v) is 10.0. The van der Waals surface area contributed by atoms with Crippen molar-refractivity contribution in [2.45, 2.75) is 70.8 Å². The molecule has 1 saturated heterocycles. The van der Waals surface area contributed by atoms with Crippen LogP contribution in [0.15, 0.2) is 0 Å². The van der Waals surface area contributed by atoms with Gasteiger partial charge in [0.05, 0.1) is 10.7 Å². The highest BCUT2D eigenvalue weighted by Crippen LogP contribution is 2.37. The molecule has 128 valence electrons. The van der Waals surface area contributed by atoms with Gasteiger partial charge >= 0.3 is 0 Å². The fourth-order valence-corrected chi connectivity index (χ4v) is 5.09. The number of piperidine rings is 1. The molecule has 4 nitrogen and oxygen atoms in total. The quantitative estimate of drug-likeness (QED) is 0.892. The van der Waals surface area contributed by atoms with E-state index in [1.807, 2.05) is 6.92 Å². The molecule has 1 N–H and O–H groups in total. The molecule has 2 heterocycles. The van der Waals surface area contributed by atoms with Crippen LogP contribution >= 0.6 is 11.3 Å². The molecule has 1 aromatic heterocycles. The number of carbonyl (C=O) groups is 1. The molecule has 0 bridgehead atoms. The number of nitrogens with one attached hydrogen (secondary N) is 1. The molecule has 0 unspecified atom stereocenters. The molecule has 1 aromatic rings. The van der Waals surface area contributed by atoms with E-state index in [2.05, 4.69) is 17.1 Å². The molecule has 0 aromatic carbocycles. The molecule has 23 heavy (non-hydrogen) atoms. The minimum atomic E-state index is 0.220. The molecule has 1 saturated carbocycles. The first-order valence-electron chi connectivity index (χ1n) is 9.19. The van der Waals surface area contributed by atoms with E-state index >= 15 is 0 Å². The van der Waals surface area contributed by atoms with Crippen molar-refractivity contribution in [1.29, 1.82) is 0 Å². The largest absolute Gasteiger partial charge is 0.335 e. The third kappa shape index (κ3) is 3.77. The maximum absolute atomic E-state index is 13.2. The normalized spacial score (nSPS) is 20.1. The second kappa shape index (κ2) is 7.75. The van der Waals surface area contributed by atoms with Gasteiger partial charge in [-0.2, -0.15) is 0 Å². The number of thiazole rings is 1. The zero-order valence-corrected chi connectivity index (χ0v) is 15.3. The zero-order valence-electron chi connectivity index (χ0n) is 14.4. The number of aryl methyl sites for hydroxylation is 1. The van der Waals surface area contributed by atoms with Crippen LogP contribution in [0, 0.1) is 6.92 Å². The van der Waals surface area contributed by atoms with Gasteiger partial charge in [0.1, 0.15) is 4.88 Å². The van der Waals surface area contributed by atoms with Crippen LogP contribution in [0.5, 0.6) is 0 Å². The minimum absolute atomic E-state index is 0.220. The van der Waals surface area contributed by atoms with Gasteiger partial charge in [0.25, 0.3) is 5.91 Å². The first kappa shape index (κ1) is 16.9. The Morgan fingerprint density at radius 2 is 1.96 bits per heavy atom. The molecular formula is C18H29N3OS. The van der Waals surface area contributed by atoms with Crippen molar-refractivity contribution in [1.82, 2.24) is 15.2 Å². The Hall–Kier alpha value is -0.940. The van der Waals surface area contributed by atoms with Crippen LogP contribution < -0.4 is 5.32 Å². The van der Waals surface area contributed by atoms with Gasteiger partial charge in [0.15, 0.2) is 0 Å². The lowest BCUT2D eigenvalue weighted by atomic mass is 10.0. The summed E-state index contributed by atoms with van der Waals surface area (Å²) in [6.07, 6.45) is 8.26. The zero-order chi connectivity index (χ0) is 16.2. The molecule has 0 radical (unpaired) electrons. The Morgan fingerprint density at radius 3 is 2.61 bits per heavy atom. The van der Waals surface area contributed by atoms with Crippen molar-refractivity contribution in [3.05, 3.63) is 15.6 Å². The summed E-state index contributed by atoms with van der Waals surface area (Å²) in [5.74, 6) is 0.816. The summed E-state index contributed by atoms with van der Waals surface area (Å²) < 4.78 is 0. The summed E-state index contributed by atoms with van der Waals surface area (Å²) in [4.78, 5) is 20.9. The van der Waals surface area contributed by atoms with E-state index in [0.29, 0.717) is 12.0 Å². The van der Waals surface area contributed by atoms with Crippen LogP contribution in [0.25, 0.3) is 0 Å². The maximum Gasteiger partial charge on any atom is 0.266 e. The van der Waals surface area contributed by atoms with E-state index in [0.717, 1.165) is 49.5 Å². The van der Waals surface area contributed by atoms with Crippen LogP contribution in [0.3, 0.4) is 0 Å². The van der Waals surface area contributed by atoms with Crippen LogP contribution in [-0.4, -0.2) is 41.5 Å². The molecule has 2 aliphatic rings. The monoisotopic (exact) mass is 335 g/mol. The van der Waals surface area contributed by atoms with E-state index in [1.54, 1.807) is 11.3 Å². The van der Waals surface area contributed by atoms with E-state index in [9.17, 15) is 4.79 Å². The first-order chi connectivity index (χ1) is 11.2. The number of amides is 1. The average Bonchev–Trinajstić information content (AvgIpc) is 3.22. The molecule has 0 atom stereocenters. The van der Waals surface area contributed by atoms with Gasteiger partial charge in [0, 0.05) is 18.5 Å². The molecular weight excluding hydrogens is 306 g/mol. The molecule has 1 amide bonds. The van der Waals surface area contributed by atoms with Crippen molar-refractivity contribution < 1.29 is 4.79 Å². The highest BCUT2D eigenvalue weighted by Gasteiger charge is 2.29. The van der Waals surface area contributed by atoms with Gasteiger partial charge in [-0.05, 0) is 52.1 Å². The van der Waals surface area contributed by atoms with E-state index < -0.39 is 0 Å². The van der Waals surface area contributed by atoms with E-state index in [1.165, 1.54) is 30.7 Å². The lowest BCUT2D eigenvalue weighted by molar-refractivity contribution is 0.0646. The second-order valence-corrected chi connectivity index (χ2v) is 7.96. The molecule has 2 fully saturated rings. The molecule has 1 aliphatic carbocycles. The number of nitrogens with zero attached hydrogens (tertiary/aromatic N) is 2. The van der Waals surface area contributed by atoms with Gasteiger partial charge in [-0.15, -0.1) is 11.3 Å². The predicted molar refractivity (Wildman–Crippen MR) is 95.3 cm³/mol. The van der Waals surface area contributed by atoms with Crippen LogP contribution in [0.1, 0.15) is 78.2 Å². The van der Waals surface area contributed by atoms with Crippen LogP contribution in [0.4, 0.5) is 0 Å². The predicted octanol–water partition coefficient (Wildman–Crippen LogP) is 3.71. The van der Waals surface area contributed by atoms with Crippen molar-refractivity contribution >= 4 is 17.2 Å². The smallest absolute Gasteiger partial charge is 0.266 e. The third-order valence-corrected chi connectivity index (χ3v) is 6.49. The Kier molecular flexibility index (Phi) is 5.70. The van der Waals surface area contributed by atoms with Crippen molar-refractivity contribution in [2.75, 3.05) is 19.6 Å². The standard InChI is InChI=1S/C18H29N3OS/c1-3-12-21(15-8-10-19-11-9-15)18(22)16-13(2)20-17(23-16)14-6-4-5-7-14/h14-15,19H,3-12H2,1-2H3. The van der Waals surface area contributed by atoms with Crippen molar-refractivity contribution in [3.63, 3.8) is 0 Å². The number of aromatic nitrogens is 1. The van der Waals surface area contributed by atoms with Gasteiger partial charge in [-0.3, -0.25) is 4.79 Å². The maximum atomic E-state index is 13.2. The summed E-state index contributed by atoms with van der Waals surface area (Å²) in [6, 6.07) is 0.389. The average molecular weight is 336 g/mol. The third-order valence-electron chi connectivity index (χ3n) is 5.19. The Balaban J connectivity index is 1.78. The SMILES string of the molecule is CCCN(C(=O)c1sc(C2CCCC2)nc1C)C1CCNCC1. The number of hydrogen-bond acceptors (Lipinski definition) is 4. The van der Waals surface area contributed by atoms with Gasteiger partial charge in [-0.1, -0.05) is 19.8 Å². The van der Waals surface area contributed by atoms with Gasteiger partial charge in [0.2, 0.25) is 0 Å². The Bertz CT molecular complexity index is 530. The Morgan fingerprint density at radius 1 is 1.26 bits per heavy atom. The number of carbonyl (C=O) groups excluding carboxylic acids is 1. The lowest BCUT2D eigenvalue weighted by Gasteiger charge is -2.34. The van der Waals surface area contributed by atoms with Crippen LogP contribution in [0.2, 0.25) is 0 Å². The summed E-state index contributed by atoms with van der Waals surface area (Å²) in [5, 5.41) is 4.59. The molecule has 0 spiro atoms. The summed E-state index contributed by atoms with van der Waals surface area (Å²) in [5.41, 5.74) is 0.942. The second-order valence-electron chi connectivity index (χ2n) is 6.93. The molecule has 3 rings (SSSR count). The summed E-state index contributed by atoms with van der Waals surface area (Å²) in [7, 11) is 0. The van der Waals surface area contributed by atoms with E-state index in [-0.39, 0.29) is 5.91 Å². The summed E-state index contributed by atoms with van der Waals surface area (Å²) in [6.45, 7) is 7.07. The minimum Gasteiger partial charge on any atom is -0.335 e. The number of rotatable bonds is 5. The molecule has 1 aliphatic heterocycles. The number of hydrogen-bond donors (Lipinski definition) is 1. The fraction of sp³-hybridized carbons (Fsp3) is 0.778. The highest BCUT2D eigenvalue weighted by atomic mass is 32.1. The fourth-order valence-electron chi connectivity index (χ4n) is 3.90. The van der Waals surface area contributed by atoms with E-state index in [4.69, 9.17) is 4.98 Å². The topological polar surface area (TPSA) is 45.2 Å². The lowest BCUT2D eigenvalue weighted by Crippen LogP contribution is -2.46. The van der Waals surface area contributed by atoms with Gasteiger partial charge in [-0.25, -0.2) is 4.98 Å². The Labute approximate surface area is 143 Å². The highest BCUT2D eigenvalue weighted by molar-refractivity contribution is 7.13. The van der Waals surface area contributed by atoms with Gasteiger partial charge < -0.3 is 10.2 Å².